The first-order valence-corrected chi connectivity index (χ1v) is 10.2. The molecular weight excluding hydrogens is 362 g/mol. The molecule has 0 unspecified atom stereocenters. The summed E-state index contributed by atoms with van der Waals surface area (Å²) in [6, 6.07) is 7.49. The van der Waals surface area contributed by atoms with Crippen LogP contribution in [0.2, 0.25) is 5.02 Å². The number of aryl methyl sites for hydroxylation is 1. The van der Waals surface area contributed by atoms with Crippen molar-refractivity contribution in [3.8, 4) is 11.5 Å². The molecule has 1 atom stereocenters. The lowest BCUT2D eigenvalue weighted by molar-refractivity contribution is -0.126. The van der Waals surface area contributed by atoms with Crippen molar-refractivity contribution in [3.63, 3.8) is 0 Å². The number of hydrogen-bond acceptors (Lipinski definition) is 4. The number of piperidine rings is 1. The van der Waals surface area contributed by atoms with Crippen molar-refractivity contribution in [2.75, 3.05) is 19.6 Å². The molecule has 0 bridgehead atoms. The van der Waals surface area contributed by atoms with E-state index in [4.69, 9.17) is 16.0 Å². The number of rotatable bonds is 7. The van der Waals surface area contributed by atoms with Crippen LogP contribution in [0.25, 0.3) is 11.5 Å². The van der Waals surface area contributed by atoms with Gasteiger partial charge in [-0.3, -0.25) is 9.69 Å². The topological polar surface area (TPSA) is 58.4 Å². The van der Waals surface area contributed by atoms with Crippen LogP contribution in [0.1, 0.15) is 44.1 Å². The summed E-state index contributed by atoms with van der Waals surface area (Å²) < 4.78 is 5.86. The maximum Gasteiger partial charge on any atom is 0.226 e. The van der Waals surface area contributed by atoms with Gasteiger partial charge in [-0.15, -0.1) is 0 Å². The molecule has 0 aliphatic carbocycles. The summed E-state index contributed by atoms with van der Waals surface area (Å²) >= 11 is 5.95. The highest BCUT2D eigenvalue weighted by Crippen LogP contribution is 2.25. The van der Waals surface area contributed by atoms with Crippen LogP contribution >= 0.6 is 11.6 Å². The van der Waals surface area contributed by atoms with Crippen LogP contribution in [0.5, 0.6) is 0 Å². The van der Waals surface area contributed by atoms with Crippen molar-refractivity contribution >= 4 is 17.5 Å². The van der Waals surface area contributed by atoms with Crippen LogP contribution in [-0.2, 0) is 11.3 Å². The number of oxazole rings is 1. The molecule has 1 aliphatic heterocycles. The van der Waals surface area contributed by atoms with Gasteiger partial charge in [0, 0.05) is 30.2 Å². The van der Waals surface area contributed by atoms with Gasteiger partial charge in [0.05, 0.1) is 11.6 Å². The number of halogens is 1. The van der Waals surface area contributed by atoms with Crippen LogP contribution < -0.4 is 5.32 Å². The number of aromatic nitrogens is 1. The molecule has 1 saturated heterocycles. The van der Waals surface area contributed by atoms with Gasteiger partial charge >= 0.3 is 0 Å². The maximum atomic E-state index is 12.4. The Morgan fingerprint density at radius 3 is 2.89 bits per heavy atom. The molecule has 1 aromatic carbocycles. The third kappa shape index (κ3) is 5.33. The minimum Gasteiger partial charge on any atom is -0.441 e. The minimum absolute atomic E-state index is 0.0681. The Kier molecular flexibility index (Phi) is 6.91. The highest BCUT2D eigenvalue weighted by molar-refractivity contribution is 6.30. The second-order valence-electron chi connectivity index (χ2n) is 7.25. The predicted molar refractivity (Wildman–Crippen MR) is 108 cm³/mol. The van der Waals surface area contributed by atoms with Gasteiger partial charge in [0.15, 0.2) is 0 Å². The SMILES string of the molecule is CCCCNC(=O)[C@@H]1CCCN(Cc2nc(-c3ccc(Cl)cc3)oc2C)C1. The normalized spacial score (nSPS) is 17.8. The first-order valence-electron chi connectivity index (χ1n) is 9.79. The van der Waals surface area contributed by atoms with Crippen molar-refractivity contribution in [2.24, 2.45) is 5.92 Å². The largest absolute Gasteiger partial charge is 0.441 e. The fourth-order valence-corrected chi connectivity index (χ4v) is 3.57. The van der Waals surface area contributed by atoms with Gasteiger partial charge in [0.2, 0.25) is 11.8 Å². The first-order chi connectivity index (χ1) is 13.1. The summed E-state index contributed by atoms with van der Waals surface area (Å²) in [5, 5.41) is 3.76. The molecule has 146 valence electrons. The van der Waals surface area contributed by atoms with Gasteiger partial charge in [-0.2, -0.15) is 0 Å². The first kappa shape index (κ1) is 19.9. The van der Waals surface area contributed by atoms with Crippen molar-refractivity contribution in [1.29, 1.82) is 0 Å². The number of hydrogen-bond donors (Lipinski definition) is 1. The summed E-state index contributed by atoms with van der Waals surface area (Å²) in [5.41, 5.74) is 1.85. The zero-order valence-corrected chi connectivity index (χ0v) is 16.9. The molecule has 1 amide bonds. The van der Waals surface area contributed by atoms with Gasteiger partial charge in [0.1, 0.15) is 5.76 Å². The molecule has 3 rings (SSSR count). The van der Waals surface area contributed by atoms with E-state index in [0.717, 1.165) is 62.3 Å². The zero-order chi connectivity index (χ0) is 19.2. The molecule has 0 spiro atoms. The molecule has 27 heavy (non-hydrogen) atoms. The number of likely N-dealkylation sites (tertiary alicyclic amines) is 1. The van der Waals surface area contributed by atoms with Crippen molar-refractivity contribution in [1.82, 2.24) is 15.2 Å². The Hall–Kier alpha value is -1.85. The molecule has 0 radical (unpaired) electrons. The molecule has 6 heteroatoms. The number of nitrogens with one attached hydrogen (secondary N) is 1. The van der Waals surface area contributed by atoms with Crippen LogP contribution in [0.3, 0.4) is 0 Å². The average Bonchev–Trinajstić information content (AvgIpc) is 3.03. The molecule has 1 N–H and O–H groups in total. The van der Waals surface area contributed by atoms with Crippen molar-refractivity contribution in [2.45, 2.75) is 46.1 Å². The lowest BCUT2D eigenvalue weighted by Crippen LogP contribution is -2.43. The predicted octanol–water partition coefficient (Wildman–Crippen LogP) is 4.43. The highest BCUT2D eigenvalue weighted by atomic mass is 35.5. The second kappa shape index (κ2) is 9.38. The Balaban J connectivity index is 1.61. The molecule has 5 nitrogen and oxygen atoms in total. The van der Waals surface area contributed by atoms with E-state index in [1.54, 1.807) is 0 Å². The molecule has 1 aliphatic rings. The molecular formula is C21H28ClN3O2. The van der Waals surface area contributed by atoms with Gasteiger partial charge in [-0.25, -0.2) is 4.98 Å². The van der Waals surface area contributed by atoms with Crippen LogP contribution in [0.15, 0.2) is 28.7 Å². The smallest absolute Gasteiger partial charge is 0.226 e. The number of benzene rings is 1. The zero-order valence-electron chi connectivity index (χ0n) is 16.1. The minimum atomic E-state index is 0.0681. The fraction of sp³-hybridized carbons (Fsp3) is 0.524. The van der Waals surface area contributed by atoms with Gasteiger partial charge in [0.25, 0.3) is 0 Å². The third-order valence-corrected chi connectivity index (χ3v) is 5.32. The fourth-order valence-electron chi connectivity index (χ4n) is 3.45. The summed E-state index contributed by atoms with van der Waals surface area (Å²) in [4.78, 5) is 19.4. The maximum absolute atomic E-state index is 12.4. The van der Waals surface area contributed by atoms with E-state index in [2.05, 4.69) is 22.1 Å². The Bertz CT molecular complexity index is 757. The Labute approximate surface area is 166 Å². The quantitative estimate of drug-likeness (QED) is 0.711. The van der Waals surface area contributed by atoms with Crippen LogP contribution in [-0.4, -0.2) is 35.4 Å². The Morgan fingerprint density at radius 1 is 1.37 bits per heavy atom. The number of carbonyl (C=O) groups excluding carboxylic acids is 1. The second-order valence-corrected chi connectivity index (χ2v) is 7.68. The number of unbranched alkanes of at least 4 members (excludes halogenated alkanes) is 1. The lowest BCUT2D eigenvalue weighted by atomic mass is 9.97. The van der Waals surface area contributed by atoms with E-state index in [9.17, 15) is 4.79 Å². The summed E-state index contributed by atoms with van der Waals surface area (Å²) in [5.74, 6) is 1.70. The third-order valence-electron chi connectivity index (χ3n) is 5.06. The summed E-state index contributed by atoms with van der Waals surface area (Å²) in [6.07, 6.45) is 4.13. The number of amides is 1. The molecule has 0 saturated carbocycles. The van der Waals surface area contributed by atoms with E-state index >= 15 is 0 Å². The molecule has 1 fully saturated rings. The standard InChI is InChI=1S/C21H28ClN3O2/c1-3-4-11-23-20(26)17-6-5-12-25(13-17)14-19-15(2)27-21(24-19)16-7-9-18(22)10-8-16/h7-10,17H,3-6,11-14H2,1-2H3,(H,23,26)/t17-/m1/s1. The van der Waals surface area contributed by atoms with Crippen LogP contribution in [0, 0.1) is 12.8 Å². The van der Waals surface area contributed by atoms with Gasteiger partial charge < -0.3 is 9.73 Å². The van der Waals surface area contributed by atoms with Crippen LogP contribution in [0.4, 0.5) is 0 Å². The molecule has 2 heterocycles. The van der Waals surface area contributed by atoms with E-state index in [1.807, 2.05) is 31.2 Å². The monoisotopic (exact) mass is 389 g/mol. The summed E-state index contributed by atoms with van der Waals surface area (Å²) in [6.45, 7) is 7.33. The van der Waals surface area contributed by atoms with E-state index in [-0.39, 0.29) is 11.8 Å². The number of carbonyl (C=O) groups is 1. The number of nitrogens with zero attached hydrogens (tertiary/aromatic N) is 2. The highest BCUT2D eigenvalue weighted by Gasteiger charge is 2.26. The van der Waals surface area contributed by atoms with Gasteiger partial charge in [-0.1, -0.05) is 24.9 Å². The molecule has 2 aromatic rings. The van der Waals surface area contributed by atoms with E-state index in [0.29, 0.717) is 17.5 Å². The summed E-state index contributed by atoms with van der Waals surface area (Å²) in [7, 11) is 0. The molecule has 1 aromatic heterocycles. The van der Waals surface area contributed by atoms with Crippen molar-refractivity contribution < 1.29 is 9.21 Å². The van der Waals surface area contributed by atoms with Crippen molar-refractivity contribution in [3.05, 3.63) is 40.7 Å². The Morgan fingerprint density at radius 2 is 2.15 bits per heavy atom. The average molecular weight is 390 g/mol. The van der Waals surface area contributed by atoms with E-state index in [1.165, 1.54) is 0 Å². The van der Waals surface area contributed by atoms with Gasteiger partial charge in [-0.05, 0) is 57.0 Å². The lowest BCUT2D eigenvalue weighted by Gasteiger charge is -2.31. The van der Waals surface area contributed by atoms with E-state index < -0.39 is 0 Å².